The summed E-state index contributed by atoms with van der Waals surface area (Å²) in [5.74, 6) is 4.68. The molecule has 0 rings (SSSR count). The van der Waals surface area contributed by atoms with Crippen molar-refractivity contribution in [3.63, 3.8) is 0 Å². The lowest BCUT2D eigenvalue weighted by Gasteiger charge is -2.29. The van der Waals surface area contributed by atoms with E-state index in [1.807, 2.05) is 46.8 Å². The van der Waals surface area contributed by atoms with Crippen molar-refractivity contribution in [1.82, 2.24) is 10.6 Å². The summed E-state index contributed by atoms with van der Waals surface area (Å²) < 4.78 is 0. The van der Waals surface area contributed by atoms with Crippen molar-refractivity contribution in [2.75, 3.05) is 6.61 Å². The van der Waals surface area contributed by atoms with Gasteiger partial charge in [0.05, 0.1) is 12.2 Å². The van der Waals surface area contributed by atoms with Gasteiger partial charge in [0.25, 0.3) is 0 Å². The highest BCUT2D eigenvalue weighted by Gasteiger charge is 2.31. The summed E-state index contributed by atoms with van der Waals surface area (Å²) in [5, 5.41) is 34.0. The third-order valence-electron chi connectivity index (χ3n) is 4.96. The van der Waals surface area contributed by atoms with E-state index in [1.54, 1.807) is 25.2 Å². The van der Waals surface area contributed by atoms with Gasteiger partial charge in [0.2, 0.25) is 11.8 Å². The molecule has 0 aliphatic rings. The first-order valence-electron chi connectivity index (χ1n) is 11.6. The summed E-state index contributed by atoms with van der Waals surface area (Å²) in [7, 11) is 0. The van der Waals surface area contributed by atoms with E-state index in [9.17, 15) is 19.8 Å². The molecule has 34 heavy (non-hydrogen) atoms. The highest BCUT2D eigenvalue weighted by Crippen LogP contribution is 2.19. The van der Waals surface area contributed by atoms with E-state index in [1.165, 1.54) is 12.3 Å². The van der Waals surface area contributed by atoms with E-state index in [-0.39, 0.29) is 18.4 Å². The fourth-order valence-corrected chi connectivity index (χ4v) is 2.95. The van der Waals surface area contributed by atoms with Crippen molar-refractivity contribution < 1.29 is 24.9 Å². The Labute approximate surface area is 204 Å². The first-order valence-corrected chi connectivity index (χ1v) is 11.6. The molecule has 0 saturated heterocycles. The van der Waals surface area contributed by atoms with Crippen LogP contribution >= 0.6 is 0 Å². The van der Waals surface area contributed by atoms with Gasteiger partial charge in [-0.3, -0.25) is 9.59 Å². The van der Waals surface area contributed by atoms with Gasteiger partial charge in [-0.1, -0.05) is 63.6 Å². The first kappa shape index (κ1) is 31.3. The summed E-state index contributed by atoms with van der Waals surface area (Å²) >= 11 is 0. The second kappa shape index (κ2) is 16.9. The number of hydrogen-bond acceptors (Lipinski definition) is 5. The normalized spacial score (nSPS) is 16.2. The summed E-state index contributed by atoms with van der Waals surface area (Å²) in [4.78, 5) is 25.0. The molecule has 0 radical (unpaired) electrons. The smallest absolute Gasteiger partial charge is 0.247 e. The van der Waals surface area contributed by atoms with Crippen LogP contribution in [-0.4, -0.2) is 52.0 Å². The Bertz CT molecular complexity index is 809. The predicted octanol–water partition coefficient (Wildman–Crippen LogP) is 2.75. The fourth-order valence-electron chi connectivity index (χ4n) is 2.95. The summed E-state index contributed by atoms with van der Waals surface area (Å²) in [5.41, 5.74) is 0.401. The van der Waals surface area contributed by atoms with E-state index in [0.29, 0.717) is 19.3 Å². The highest BCUT2D eigenvalue weighted by atomic mass is 16.3. The number of carbonyl (C=O) groups is 2. The largest absolute Gasteiger partial charge is 0.396 e. The van der Waals surface area contributed by atoms with Gasteiger partial charge in [-0.25, -0.2) is 0 Å². The number of aliphatic hydroxyl groups is 3. The summed E-state index contributed by atoms with van der Waals surface area (Å²) in [6.07, 6.45) is 11.3. The van der Waals surface area contributed by atoms with Crippen LogP contribution in [0.3, 0.4) is 0 Å². The number of rotatable bonds is 13. The maximum Gasteiger partial charge on any atom is 0.247 e. The molecule has 0 unspecified atom stereocenters. The quantitative estimate of drug-likeness (QED) is 0.160. The molecule has 5 N–H and O–H groups in total. The first-order chi connectivity index (χ1) is 15.9. The van der Waals surface area contributed by atoms with Crippen molar-refractivity contribution >= 4 is 11.8 Å². The molecule has 0 aromatic carbocycles. The molecule has 7 heteroatoms. The number of nitrogens with one attached hydrogen (secondary N) is 2. The lowest BCUT2D eigenvalue weighted by molar-refractivity contribution is -0.129. The molecule has 0 aromatic heterocycles. The molecule has 0 fully saturated rings. The van der Waals surface area contributed by atoms with E-state index in [4.69, 9.17) is 5.11 Å². The van der Waals surface area contributed by atoms with Gasteiger partial charge in [-0.05, 0) is 38.3 Å². The molecule has 0 saturated carbocycles. The number of aliphatic hydroxyl groups excluding tert-OH is 3. The minimum absolute atomic E-state index is 0.0617. The van der Waals surface area contributed by atoms with E-state index < -0.39 is 29.6 Å². The Balaban J connectivity index is 4.89. The molecule has 0 bridgehead atoms. The van der Waals surface area contributed by atoms with Crippen LogP contribution in [-0.2, 0) is 9.59 Å². The number of hydrogen-bond donors (Lipinski definition) is 5. The van der Waals surface area contributed by atoms with Crippen LogP contribution in [0.15, 0.2) is 48.2 Å². The maximum absolute atomic E-state index is 12.6. The second-order valence-corrected chi connectivity index (χ2v) is 9.31. The van der Waals surface area contributed by atoms with Gasteiger partial charge in [0.15, 0.2) is 0 Å². The van der Waals surface area contributed by atoms with E-state index in [0.717, 1.165) is 5.57 Å². The van der Waals surface area contributed by atoms with Crippen LogP contribution in [0, 0.1) is 23.2 Å². The molecule has 0 heterocycles. The summed E-state index contributed by atoms with van der Waals surface area (Å²) in [6.45, 7) is 11.0. The second-order valence-electron chi connectivity index (χ2n) is 9.31. The average Bonchev–Trinajstić information content (AvgIpc) is 2.75. The zero-order chi connectivity index (χ0) is 26.1. The van der Waals surface area contributed by atoms with Crippen LogP contribution in [0.5, 0.6) is 0 Å². The third-order valence-corrected chi connectivity index (χ3v) is 4.96. The predicted molar refractivity (Wildman–Crippen MR) is 136 cm³/mol. The average molecular weight is 475 g/mol. The monoisotopic (exact) mass is 474 g/mol. The molecule has 4 atom stereocenters. The SMILES string of the molecule is CC#CC[C@H](O)C/C=C\NC(=O)[C@@H](NC(=O)\C=C/C=C\C(C)=C\[C@H](C)[C@@H](O)CCO)C(C)(C)C. The number of allylic oxidation sites excluding steroid dienone is 4. The zero-order valence-electron chi connectivity index (χ0n) is 21.3. The standard InChI is InChI=1S/C27H42N2O5/c1-7-8-13-22(31)14-11-17-28-26(34)25(27(4,5)6)29-24(33)15-10-9-12-20(2)19-21(3)23(32)16-18-30/h9-12,15,17,19,21-23,25,30-32H,13-14,16,18H2,1-6H3,(H,28,34)(H,29,33)/b12-9-,15-10-,17-11-,20-19+/t21-,22-,23-,25+/m0/s1. The zero-order valence-corrected chi connectivity index (χ0v) is 21.3. The fraction of sp³-hybridized carbons (Fsp3) is 0.556. The van der Waals surface area contributed by atoms with Crippen LogP contribution < -0.4 is 10.6 Å². The van der Waals surface area contributed by atoms with Gasteiger partial charge < -0.3 is 26.0 Å². The van der Waals surface area contributed by atoms with Crippen LogP contribution in [0.2, 0.25) is 0 Å². The number of amides is 2. The molecular weight excluding hydrogens is 432 g/mol. The van der Waals surface area contributed by atoms with Gasteiger partial charge in [0.1, 0.15) is 6.04 Å². The molecule has 0 aromatic rings. The molecule has 7 nitrogen and oxygen atoms in total. The number of carbonyl (C=O) groups excluding carboxylic acids is 2. The molecule has 190 valence electrons. The lowest BCUT2D eigenvalue weighted by Crippen LogP contribution is -2.52. The molecule has 0 spiro atoms. The van der Waals surface area contributed by atoms with Crippen molar-refractivity contribution in [2.45, 2.75) is 79.1 Å². The van der Waals surface area contributed by atoms with E-state index >= 15 is 0 Å². The third kappa shape index (κ3) is 14.5. The van der Waals surface area contributed by atoms with Gasteiger partial charge >= 0.3 is 0 Å². The van der Waals surface area contributed by atoms with Crippen molar-refractivity contribution in [3.8, 4) is 11.8 Å². The summed E-state index contributed by atoms with van der Waals surface area (Å²) in [6, 6.07) is -0.760. The highest BCUT2D eigenvalue weighted by molar-refractivity contribution is 5.93. The minimum atomic E-state index is -0.760. The van der Waals surface area contributed by atoms with Gasteiger partial charge in [-0.2, -0.15) is 0 Å². The minimum Gasteiger partial charge on any atom is -0.396 e. The van der Waals surface area contributed by atoms with Crippen molar-refractivity contribution in [1.29, 1.82) is 0 Å². The Morgan fingerprint density at radius 1 is 1.12 bits per heavy atom. The van der Waals surface area contributed by atoms with Gasteiger partial charge in [-0.15, -0.1) is 11.8 Å². The van der Waals surface area contributed by atoms with Crippen LogP contribution in [0.1, 0.15) is 60.8 Å². The van der Waals surface area contributed by atoms with Crippen molar-refractivity contribution in [3.05, 3.63) is 48.2 Å². The van der Waals surface area contributed by atoms with Crippen molar-refractivity contribution in [2.24, 2.45) is 11.3 Å². The molecule has 0 aliphatic heterocycles. The van der Waals surface area contributed by atoms with E-state index in [2.05, 4.69) is 22.5 Å². The molecule has 0 aliphatic carbocycles. The van der Waals surface area contributed by atoms with Crippen LogP contribution in [0.25, 0.3) is 0 Å². The van der Waals surface area contributed by atoms with Crippen LogP contribution in [0.4, 0.5) is 0 Å². The Morgan fingerprint density at radius 3 is 2.35 bits per heavy atom. The lowest BCUT2D eigenvalue weighted by atomic mass is 9.86. The molecule has 2 amide bonds. The Morgan fingerprint density at radius 2 is 1.76 bits per heavy atom. The maximum atomic E-state index is 12.6. The topological polar surface area (TPSA) is 119 Å². The Hall–Kier alpha value is -2.66. The van der Waals surface area contributed by atoms with Gasteiger partial charge in [0, 0.05) is 25.0 Å². The Kier molecular flexibility index (Phi) is 15.6. The molecular formula is C27H42N2O5.